The number of methoxy groups -OCH3 is 1. The SMILES string of the molecule is COCOC(=O)c1c(C)c(C)c(O[Si](C)(C)C(C)(C)C)c(C)c1CF. The standard InChI is InChI=1S/C19H31FO4Si/c1-12-13(2)17(24-25(8,9)19(4,5)6)14(3)15(10-20)16(12)18(21)23-11-22-7/h10-11H2,1-9H3. The van der Waals surface area contributed by atoms with Crippen molar-refractivity contribution in [1.29, 1.82) is 0 Å². The molecule has 4 nitrogen and oxygen atoms in total. The minimum atomic E-state index is -2.09. The molecule has 1 aromatic rings. The van der Waals surface area contributed by atoms with Crippen molar-refractivity contribution in [2.24, 2.45) is 0 Å². The van der Waals surface area contributed by atoms with Crippen LogP contribution < -0.4 is 4.43 Å². The number of halogens is 1. The summed E-state index contributed by atoms with van der Waals surface area (Å²) < 4.78 is 30.1. The van der Waals surface area contributed by atoms with E-state index in [2.05, 4.69) is 33.9 Å². The van der Waals surface area contributed by atoms with Crippen molar-refractivity contribution in [3.05, 3.63) is 27.8 Å². The fraction of sp³-hybridized carbons (Fsp3) is 0.632. The average Bonchev–Trinajstić information content (AvgIpc) is 2.51. The van der Waals surface area contributed by atoms with Crippen LogP contribution in [0.15, 0.2) is 0 Å². The molecule has 0 amide bonds. The molecule has 0 aromatic heterocycles. The first kappa shape index (κ1) is 21.6. The molecule has 0 atom stereocenters. The maximum atomic E-state index is 13.8. The van der Waals surface area contributed by atoms with Crippen molar-refractivity contribution in [3.63, 3.8) is 0 Å². The van der Waals surface area contributed by atoms with Crippen LogP contribution in [0.4, 0.5) is 4.39 Å². The second-order valence-electron chi connectivity index (χ2n) is 7.89. The molecular formula is C19H31FO4Si. The van der Waals surface area contributed by atoms with Gasteiger partial charge in [0.2, 0.25) is 0 Å². The van der Waals surface area contributed by atoms with Crippen LogP contribution in [-0.2, 0) is 16.1 Å². The number of carbonyl (C=O) groups is 1. The first-order chi connectivity index (χ1) is 11.4. The molecule has 0 heterocycles. The van der Waals surface area contributed by atoms with Crippen molar-refractivity contribution in [3.8, 4) is 5.75 Å². The zero-order valence-electron chi connectivity index (χ0n) is 16.9. The van der Waals surface area contributed by atoms with E-state index < -0.39 is 21.0 Å². The summed E-state index contributed by atoms with van der Waals surface area (Å²) in [6.07, 6.45) is 0. The molecule has 0 fully saturated rings. The molecule has 1 aromatic carbocycles. The van der Waals surface area contributed by atoms with E-state index in [1.54, 1.807) is 13.8 Å². The predicted octanol–water partition coefficient (Wildman–Crippen LogP) is 5.23. The highest BCUT2D eigenvalue weighted by molar-refractivity contribution is 6.74. The van der Waals surface area contributed by atoms with Crippen molar-refractivity contribution < 1.29 is 23.1 Å². The van der Waals surface area contributed by atoms with E-state index in [1.165, 1.54) is 7.11 Å². The summed E-state index contributed by atoms with van der Waals surface area (Å²) in [6, 6.07) is 0. The lowest BCUT2D eigenvalue weighted by Crippen LogP contribution is -2.44. The second kappa shape index (κ2) is 7.87. The molecule has 0 saturated heterocycles. The number of carbonyl (C=O) groups excluding carboxylic acids is 1. The molecule has 0 aliphatic heterocycles. The highest BCUT2D eigenvalue weighted by Crippen LogP contribution is 2.41. The molecule has 0 radical (unpaired) electrons. The number of benzene rings is 1. The Kier molecular flexibility index (Phi) is 6.81. The predicted molar refractivity (Wildman–Crippen MR) is 101 cm³/mol. The van der Waals surface area contributed by atoms with Gasteiger partial charge < -0.3 is 13.9 Å². The summed E-state index contributed by atoms with van der Waals surface area (Å²) in [5, 5.41) is 0.0196. The molecule has 0 aliphatic carbocycles. The zero-order valence-corrected chi connectivity index (χ0v) is 17.9. The molecule has 0 saturated carbocycles. The quantitative estimate of drug-likeness (QED) is 0.391. The average molecular weight is 371 g/mol. The van der Waals surface area contributed by atoms with E-state index in [-0.39, 0.29) is 17.4 Å². The zero-order chi connectivity index (χ0) is 19.6. The van der Waals surface area contributed by atoms with Crippen LogP contribution in [0.2, 0.25) is 18.1 Å². The third kappa shape index (κ3) is 4.42. The van der Waals surface area contributed by atoms with Gasteiger partial charge in [-0.25, -0.2) is 9.18 Å². The summed E-state index contributed by atoms with van der Waals surface area (Å²) in [7, 11) is -0.658. The Morgan fingerprint density at radius 2 is 1.64 bits per heavy atom. The topological polar surface area (TPSA) is 44.8 Å². The maximum absolute atomic E-state index is 13.8. The summed E-state index contributed by atoms with van der Waals surface area (Å²) in [5.74, 6) is 0.122. The summed E-state index contributed by atoms with van der Waals surface area (Å²) in [4.78, 5) is 12.4. The molecule has 142 valence electrons. The highest BCUT2D eigenvalue weighted by Gasteiger charge is 2.40. The smallest absolute Gasteiger partial charge is 0.340 e. The van der Waals surface area contributed by atoms with Crippen LogP contribution in [0.3, 0.4) is 0 Å². The normalized spacial score (nSPS) is 12.2. The van der Waals surface area contributed by atoms with Crippen LogP contribution in [0, 0.1) is 20.8 Å². The van der Waals surface area contributed by atoms with Gasteiger partial charge in [-0.1, -0.05) is 20.8 Å². The molecule has 0 spiro atoms. The van der Waals surface area contributed by atoms with Crippen LogP contribution >= 0.6 is 0 Å². The van der Waals surface area contributed by atoms with E-state index in [0.29, 0.717) is 22.4 Å². The minimum Gasteiger partial charge on any atom is -0.543 e. The van der Waals surface area contributed by atoms with Crippen molar-refractivity contribution >= 4 is 14.3 Å². The van der Waals surface area contributed by atoms with Gasteiger partial charge in [-0.05, 0) is 55.6 Å². The van der Waals surface area contributed by atoms with E-state index in [0.717, 1.165) is 5.56 Å². The molecule has 6 heteroatoms. The van der Waals surface area contributed by atoms with Crippen molar-refractivity contribution in [1.82, 2.24) is 0 Å². The molecule has 1 rings (SSSR count). The van der Waals surface area contributed by atoms with Gasteiger partial charge in [-0.3, -0.25) is 0 Å². The Balaban J connectivity index is 3.50. The fourth-order valence-corrected chi connectivity index (χ4v) is 3.50. The third-order valence-corrected chi connectivity index (χ3v) is 9.51. The van der Waals surface area contributed by atoms with Crippen LogP contribution in [0.1, 0.15) is 53.4 Å². The number of rotatable bonds is 6. The van der Waals surface area contributed by atoms with Gasteiger partial charge in [0.1, 0.15) is 12.4 Å². The Labute approximate surface area is 151 Å². The highest BCUT2D eigenvalue weighted by atomic mass is 28.4. The summed E-state index contributed by atoms with van der Waals surface area (Å²) >= 11 is 0. The molecule has 25 heavy (non-hydrogen) atoms. The van der Waals surface area contributed by atoms with Crippen molar-refractivity contribution in [2.45, 2.75) is 66.3 Å². The van der Waals surface area contributed by atoms with Gasteiger partial charge >= 0.3 is 5.97 Å². The molecule has 0 bridgehead atoms. The van der Waals surface area contributed by atoms with Gasteiger partial charge in [0, 0.05) is 12.7 Å². The fourth-order valence-electron chi connectivity index (χ4n) is 2.38. The minimum absolute atomic E-state index is 0.0196. The van der Waals surface area contributed by atoms with Crippen LogP contribution in [0.5, 0.6) is 5.75 Å². The Bertz CT molecular complexity index is 648. The van der Waals surface area contributed by atoms with Gasteiger partial charge in [0.15, 0.2) is 6.79 Å². The summed E-state index contributed by atoms with van der Waals surface area (Å²) in [6.45, 7) is 15.4. The lowest BCUT2D eigenvalue weighted by Gasteiger charge is -2.38. The van der Waals surface area contributed by atoms with Crippen LogP contribution in [0.25, 0.3) is 0 Å². The van der Waals surface area contributed by atoms with Gasteiger partial charge in [-0.2, -0.15) is 0 Å². The van der Waals surface area contributed by atoms with E-state index in [1.807, 2.05) is 6.92 Å². The Hall–Kier alpha value is -1.40. The van der Waals surface area contributed by atoms with Gasteiger partial charge in [-0.15, -0.1) is 0 Å². The molecule has 0 aliphatic rings. The third-order valence-electron chi connectivity index (χ3n) is 5.18. The lowest BCUT2D eigenvalue weighted by molar-refractivity contribution is -0.0127. The van der Waals surface area contributed by atoms with E-state index >= 15 is 0 Å². The maximum Gasteiger partial charge on any atom is 0.340 e. The van der Waals surface area contributed by atoms with Gasteiger partial charge in [0.05, 0.1) is 5.56 Å². The summed E-state index contributed by atoms with van der Waals surface area (Å²) in [5.41, 5.74) is 2.81. The molecular weight excluding hydrogens is 339 g/mol. The monoisotopic (exact) mass is 370 g/mol. The van der Waals surface area contributed by atoms with E-state index in [9.17, 15) is 9.18 Å². The van der Waals surface area contributed by atoms with E-state index in [4.69, 9.17) is 13.9 Å². The number of hydrogen-bond donors (Lipinski definition) is 0. The first-order valence-electron chi connectivity index (χ1n) is 8.42. The first-order valence-corrected chi connectivity index (χ1v) is 11.3. The number of ether oxygens (including phenoxy) is 2. The number of esters is 1. The van der Waals surface area contributed by atoms with Gasteiger partial charge in [0.25, 0.3) is 8.32 Å². The Morgan fingerprint density at radius 3 is 2.08 bits per heavy atom. The Morgan fingerprint density at radius 1 is 1.08 bits per heavy atom. The largest absolute Gasteiger partial charge is 0.543 e. The number of hydrogen-bond acceptors (Lipinski definition) is 4. The van der Waals surface area contributed by atoms with Crippen LogP contribution in [-0.4, -0.2) is 28.2 Å². The van der Waals surface area contributed by atoms with Crippen molar-refractivity contribution in [2.75, 3.05) is 13.9 Å². The lowest BCUT2D eigenvalue weighted by atomic mass is 9.92. The second-order valence-corrected chi connectivity index (χ2v) is 12.6. The number of alkyl halides is 1. The molecule has 0 N–H and O–H groups in total. The molecule has 0 unspecified atom stereocenters.